The zero-order chi connectivity index (χ0) is 31.3. The Balaban J connectivity index is 1.20. The van der Waals surface area contributed by atoms with Gasteiger partial charge in [0.1, 0.15) is 22.3 Å². The molecule has 11 aromatic rings. The van der Waals surface area contributed by atoms with E-state index in [9.17, 15) is 0 Å². The summed E-state index contributed by atoms with van der Waals surface area (Å²) in [7, 11) is 0. The molecule has 0 radical (unpaired) electrons. The van der Waals surface area contributed by atoms with Gasteiger partial charge in [0.05, 0.1) is 5.39 Å². The lowest BCUT2D eigenvalue weighted by Crippen LogP contribution is -1.91. The number of rotatable bonds is 2. The second kappa shape index (κ2) is 9.57. The second-order valence-electron chi connectivity index (χ2n) is 12.8. The molecule has 2 aromatic heterocycles. The average molecular weight is 611 g/mol. The van der Waals surface area contributed by atoms with Crippen LogP contribution in [0.3, 0.4) is 0 Å². The SMILES string of the molecule is c1ccc2cc3c(cc2c1)oc1ccc2c4cc(-c5c6ccccc6c(-c6cccc7ccccc67)c6ccccc56)ccc4oc2c13. The van der Waals surface area contributed by atoms with Gasteiger partial charge in [-0.05, 0) is 102 Å². The first-order chi connectivity index (χ1) is 23.8. The maximum Gasteiger partial charge on any atom is 0.147 e. The van der Waals surface area contributed by atoms with Crippen LogP contribution in [-0.2, 0) is 0 Å². The van der Waals surface area contributed by atoms with Crippen LogP contribution in [0.1, 0.15) is 0 Å². The van der Waals surface area contributed by atoms with Crippen molar-refractivity contribution in [3.05, 3.63) is 158 Å². The third-order valence-corrected chi connectivity index (χ3v) is 10.2. The molecule has 0 fully saturated rings. The van der Waals surface area contributed by atoms with Gasteiger partial charge in [-0.25, -0.2) is 0 Å². The predicted octanol–water partition coefficient (Wildman–Crippen LogP) is 13.4. The molecule has 0 N–H and O–H groups in total. The van der Waals surface area contributed by atoms with Gasteiger partial charge in [0, 0.05) is 16.2 Å². The number of furan rings is 2. The van der Waals surface area contributed by atoms with Gasteiger partial charge in [0.25, 0.3) is 0 Å². The first-order valence-corrected chi connectivity index (χ1v) is 16.4. The summed E-state index contributed by atoms with van der Waals surface area (Å²) in [6.07, 6.45) is 0. The van der Waals surface area contributed by atoms with Crippen molar-refractivity contribution in [3.8, 4) is 22.3 Å². The van der Waals surface area contributed by atoms with E-state index in [1.807, 2.05) is 0 Å². The smallest absolute Gasteiger partial charge is 0.147 e. The summed E-state index contributed by atoms with van der Waals surface area (Å²) in [6, 6.07) is 56.8. The second-order valence-corrected chi connectivity index (χ2v) is 12.8. The summed E-state index contributed by atoms with van der Waals surface area (Å²) in [5, 5.41) is 14.1. The van der Waals surface area contributed by atoms with Crippen LogP contribution in [0, 0.1) is 0 Å². The summed E-state index contributed by atoms with van der Waals surface area (Å²) in [6.45, 7) is 0. The Kier molecular flexibility index (Phi) is 5.14. The van der Waals surface area contributed by atoms with Crippen LogP contribution in [0.4, 0.5) is 0 Å². The van der Waals surface area contributed by atoms with E-state index in [1.165, 1.54) is 65.3 Å². The third kappa shape index (κ3) is 3.52. The van der Waals surface area contributed by atoms with E-state index in [4.69, 9.17) is 8.83 Å². The van der Waals surface area contributed by atoms with Crippen molar-refractivity contribution < 1.29 is 8.83 Å². The van der Waals surface area contributed by atoms with Crippen molar-refractivity contribution in [2.75, 3.05) is 0 Å². The van der Waals surface area contributed by atoms with E-state index >= 15 is 0 Å². The highest BCUT2D eigenvalue weighted by molar-refractivity contribution is 6.26. The highest BCUT2D eigenvalue weighted by atomic mass is 16.3. The number of fused-ring (bicyclic) bond motifs is 11. The van der Waals surface area contributed by atoms with Crippen LogP contribution in [0.5, 0.6) is 0 Å². The normalized spacial score (nSPS) is 12.2. The molecule has 0 aliphatic rings. The molecular weight excluding hydrogens is 585 g/mol. The molecule has 0 amide bonds. The van der Waals surface area contributed by atoms with Gasteiger partial charge in [-0.2, -0.15) is 0 Å². The molecule has 11 rings (SSSR count). The Hall–Kier alpha value is -6.38. The molecule has 2 heterocycles. The third-order valence-electron chi connectivity index (χ3n) is 10.2. The van der Waals surface area contributed by atoms with Gasteiger partial charge in [-0.15, -0.1) is 0 Å². The molecule has 0 saturated heterocycles. The molecular formula is C46H26O2. The monoisotopic (exact) mass is 610 g/mol. The lowest BCUT2D eigenvalue weighted by molar-refractivity contribution is 0.663. The lowest BCUT2D eigenvalue weighted by atomic mass is 9.84. The molecule has 48 heavy (non-hydrogen) atoms. The first kappa shape index (κ1) is 25.8. The van der Waals surface area contributed by atoms with Gasteiger partial charge in [-0.3, -0.25) is 0 Å². The minimum absolute atomic E-state index is 0.841. The van der Waals surface area contributed by atoms with Gasteiger partial charge >= 0.3 is 0 Å². The van der Waals surface area contributed by atoms with Crippen molar-refractivity contribution in [3.63, 3.8) is 0 Å². The zero-order valence-corrected chi connectivity index (χ0v) is 25.8. The lowest BCUT2D eigenvalue weighted by Gasteiger charge is -2.18. The minimum Gasteiger partial charge on any atom is -0.456 e. The molecule has 2 heteroatoms. The van der Waals surface area contributed by atoms with E-state index < -0.39 is 0 Å². The summed E-state index contributed by atoms with van der Waals surface area (Å²) in [4.78, 5) is 0. The topological polar surface area (TPSA) is 26.3 Å². The van der Waals surface area contributed by atoms with Crippen molar-refractivity contribution in [2.24, 2.45) is 0 Å². The number of hydrogen-bond acceptors (Lipinski definition) is 2. The highest BCUT2D eigenvalue weighted by Crippen LogP contribution is 2.47. The van der Waals surface area contributed by atoms with Crippen molar-refractivity contribution >= 4 is 87.0 Å². The standard InChI is InChI=1S/C46H26O2/c1-2-12-29-26-42-39(24-28(29)11-1)45-41(47-42)23-21-37-38-25-30(20-22-40(38)48-46(37)45)43-33-15-5-7-17-35(33)44(36-18-8-6-16-34(36)43)32-19-9-13-27-10-3-4-14-31(27)32/h1-26H. The Labute approximate surface area is 275 Å². The molecule has 0 saturated carbocycles. The van der Waals surface area contributed by atoms with Crippen molar-refractivity contribution in [1.29, 1.82) is 0 Å². The van der Waals surface area contributed by atoms with Gasteiger partial charge in [0.2, 0.25) is 0 Å². The molecule has 0 unspecified atom stereocenters. The van der Waals surface area contributed by atoms with Crippen LogP contribution in [-0.4, -0.2) is 0 Å². The van der Waals surface area contributed by atoms with E-state index in [0.29, 0.717) is 0 Å². The average Bonchev–Trinajstić information content (AvgIpc) is 3.70. The van der Waals surface area contributed by atoms with E-state index in [0.717, 1.165) is 43.9 Å². The minimum atomic E-state index is 0.841. The van der Waals surface area contributed by atoms with Crippen molar-refractivity contribution in [1.82, 2.24) is 0 Å². The molecule has 9 aromatic carbocycles. The Bertz CT molecular complexity index is 3060. The molecule has 0 bridgehead atoms. The summed E-state index contributed by atoms with van der Waals surface area (Å²) >= 11 is 0. The van der Waals surface area contributed by atoms with Crippen LogP contribution in [0.25, 0.3) is 109 Å². The molecule has 0 aliphatic heterocycles. The van der Waals surface area contributed by atoms with Crippen molar-refractivity contribution in [2.45, 2.75) is 0 Å². The highest BCUT2D eigenvalue weighted by Gasteiger charge is 2.20. The summed E-state index contributed by atoms with van der Waals surface area (Å²) in [5.74, 6) is 0. The van der Waals surface area contributed by atoms with Crippen LogP contribution in [0.15, 0.2) is 167 Å². The van der Waals surface area contributed by atoms with E-state index in [1.54, 1.807) is 0 Å². The Morgan fingerprint density at radius 3 is 1.67 bits per heavy atom. The molecule has 222 valence electrons. The fraction of sp³-hybridized carbons (Fsp3) is 0. The Morgan fingerprint density at radius 2 is 0.917 bits per heavy atom. The van der Waals surface area contributed by atoms with Gasteiger partial charge < -0.3 is 8.83 Å². The molecule has 2 nitrogen and oxygen atoms in total. The fourth-order valence-corrected chi connectivity index (χ4v) is 8.11. The number of benzene rings is 9. The largest absolute Gasteiger partial charge is 0.456 e. The van der Waals surface area contributed by atoms with Crippen LogP contribution >= 0.6 is 0 Å². The fourth-order valence-electron chi connectivity index (χ4n) is 8.11. The number of hydrogen-bond donors (Lipinski definition) is 0. The molecule has 0 atom stereocenters. The van der Waals surface area contributed by atoms with Crippen LogP contribution in [0.2, 0.25) is 0 Å². The molecule has 0 spiro atoms. The van der Waals surface area contributed by atoms with Crippen LogP contribution < -0.4 is 0 Å². The van der Waals surface area contributed by atoms with Gasteiger partial charge in [-0.1, -0.05) is 121 Å². The maximum absolute atomic E-state index is 6.67. The first-order valence-electron chi connectivity index (χ1n) is 16.4. The zero-order valence-electron chi connectivity index (χ0n) is 25.8. The van der Waals surface area contributed by atoms with Gasteiger partial charge in [0.15, 0.2) is 0 Å². The van der Waals surface area contributed by atoms with E-state index in [-0.39, 0.29) is 0 Å². The predicted molar refractivity (Wildman–Crippen MR) is 202 cm³/mol. The molecule has 0 aliphatic carbocycles. The summed E-state index contributed by atoms with van der Waals surface area (Å²) in [5.41, 5.74) is 8.40. The van der Waals surface area contributed by atoms with E-state index in [2.05, 4.69) is 158 Å². The quantitative estimate of drug-likeness (QED) is 0.182. The Morgan fingerprint density at radius 1 is 0.312 bits per heavy atom. The maximum atomic E-state index is 6.67. The summed E-state index contributed by atoms with van der Waals surface area (Å²) < 4.78 is 13.0.